The highest BCUT2D eigenvalue weighted by Gasteiger charge is 2.31. The third-order valence-corrected chi connectivity index (χ3v) is 6.13. The lowest BCUT2D eigenvalue weighted by atomic mass is 10.0. The molecule has 0 spiro atoms. The number of carbonyl (C=O) groups is 4. The highest BCUT2D eigenvalue weighted by Crippen LogP contribution is 2.12. The second kappa shape index (κ2) is 14.5. The van der Waals surface area contributed by atoms with Gasteiger partial charge in [0.25, 0.3) is 0 Å². The highest BCUT2D eigenvalue weighted by atomic mass is 32.1. The minimum atomic E-state index is -1.19. The van der Waals surface area contributed by atoms with E-state index in [0.29, 0.717) is 31.4 Å². The van der Waals surface area contributed by atoms with E-state index >= 15 is 0 Å². The molecule has 194 valence electrons. The number of phenolic OH excluding ortho intramolecular Hbond substituents is 1. The second-order valence-electron chi connectivity index (χ2n) is 8.51. The standard InChI is InChI=1S/C23H35N5O6S/c24-10-2-1-4-17(23(33)34)26-21(31)18(12-14-6-8-15(29)9-7-14)27-22(32)19(13-35)28-20(30)16-5-3-11-25-16/h6-9,16-19,25,29,35H,1-5,10-13,24H2,(H,26,31)(H,27,32)(H,28,30)(H,33,34). The molecule has 3 amide bonds. The van der Waals surface area contributed by atoms with Crippen molar-refractivity contribution < 1.29 is 29.4 Å². The highest BCUT2D eigenvalue weighted by molar-refractivity contribution is 7.80. The first-order valence-corrected chi connectivity index (χ1v) is 12.3. The summed E-state index contributed by atoms with van der Waals surface area (Å²) in [6.45, 7) is 1.13. The number of aliphatic carboxylic acids is 1. The Bertz CT molecular complexity index is 862. The normalized spacial score (nSPS) is 17.7. The molecule has 1 saturated heterocycles. The first-order chi connectivity index (χ1) is 16.7. The summed E-state index contributed by atoms with van der Waals surface area (Å²) in [6.07, 6.45) is 2.91. The molecule has 1 aromatic rings. The number of carboxylic acids is 1. The lowest BCUT2D eigenvalue weighted by molar-refractivity contribution is -0.142. The number of nitrogens with two attached hydrogens (primary N) is 1. The monoisotopic (exact) mass is 509 g/mol. The molecule has 0 radical (unpaired) electrons. The second-order valence-corrected chi connectivity index (χ2v) is 8.87. The van der Waals surface area contributed by atoms with E-state index in [-0.39, 0.29) is 36.3 Å². The van der Waals surface area contributed by atoms with Crippen LogP contribution in [0.1, 0.15) is 37.7 Å². The Hall–Kier alpha value is -2.83. The molecular formula is C23H35N5O6S. The number of aromatic hydroxyl groups is 1. The number of amides is 3. The van der Waals surface area contributed by atoms with Crippen molar-refractivity contribution in [1.82, 2.24) is 21.3 Å². The van der Waals surface area contributed by atoms with Gasteiger partial charge in [0, 0.05) is 12.2 Å². The van der Waals surface area contributed by atoms with Crippen LogP contribution < -0.4 is 27.0 Å². The van der Waals surface area contributed by atoms with E-state index in [9.17, 15) is 29.4 Å². The van der Waals surface area contributed by atoms with Gasteiger partial charge in [-0.25, -0.2) is 4.79 Å². The number of hydrogen-bond donors (Lipinski definition) is 8. The van der Waals surface area contributed by atoms with E-state index in [1.54, 1.807) is 12.1 Å². The summed E-state index contributed by atoms with van der Waals surface area (Å²) in [5.41, 5.74) is 6.11. The third-order valence-electron chi connectivity index (χ3n) is 5.76. The molecule has 1 heterocycles. The average molecular weight is 510 g/mol. The number of nitrogens with one attached hydrogen (secondary N) is 4. The lowest BCUT2D eigenvalue weighted by Gasteiger charge is -2.25. The van der Waals surface area contributed by atoms with E-state index in [1.807, 2.05) is 0 Å². The van der Waals surface area contributed by atoms with E-state index in [1.165, 1.54) is 12.1 Å². The van der Waals surface area contributed by atoms with Crippen molar-refractivity contribution in [3.8, 4) is 5.75 Å². The summed E-state index contributed by atoms with van der Waals surface area (Å²) >= 11 is 4.17. The zero-order chi connectivity index (χ0) is 25.8. The first-order valence-electron chi connectivity index (χ1n) is 11.7. The van der Waals surface area contributed by atoms with Crippen LogP contribution >= 0.6 is 12.6 Å². The van der Waals surface area contributed by atoms with Crippen molar-refractivity contribution in [2.24, 2.45) is 5.73 Å². The fourth-order valence-corrected chi connectivity index (χ4v) is 4.00. The summed E-state index contributed by atoms with van der Waals surface area (Å²) in [4.78, 5) is 50.1. The molecule has 1 aliphatic heterocycles. The van der Waals surface area contributed by atoms with Gasteiger partial charge in [-0.1, -0.05) is 12.1 Å². The van der Waals surface area contributed by atoms with Crippen LogP contribution in [0.15, 0.2) is 24.3 Å². The van der Waals surface area contributed by atoms with Gasteiger partial charge in [0.05, 0.1) is 6.04 Å². The molecule has 1 fully saturated rings. The zero-order valence-electron chi connectivity index (χ0n) is 19.5. The summed E-state index contributed by atoms with van der Waals surface area (Å²) in [7, 11) is 0. The van der Waals surface area contributed by atoms with Crippen molar-refractivity contribution in [2.75, 3.05) is 18.8 Å². The van der Waals surface area contributed by atoms with Crippen LogP contribution in [0, 0.1) is 0 Å². The van der Waals surface area contributed by atoms with Gasteiger partial charge in [-0.3, -0.25) is 14.4 Å². The first kappa shape index (κ1) is 28.4. The number of carboxylic acid groups (broad SMARTS) is 1. The number of hydrogen-bond acceptors (Lipinski definition) is 8. The Morgan fingerprint density at radius 2 is 1.69 bits per heavy atom. The topological polar surface area (TPSA) is 183 Å². The minimum absolute atomic E-state index is 0.00861. The summed E-state index contributed by atoms with van der Waals surface area (Å²) < 4.78 is 0. The SMILES string of the molecule is NCCCCC(NC(=O)C(Cc1ccc(O)cc1)NC(=O)C(CS)NC(=O)C1CCCN1)C(=O)O. The molecular weight excluding hydrogens is 474 g/mol. The maximum absolute atomic E-state index is 13.1. The molecule has 12 heteroatoms. The van der Waals surface area contributed by atoms with Crippen LogP contribution in [0.2, 0.25) is 0 Å². The molecule has 11 nitrogen and oxygen atoms in total. The van der Waals surface area contributed by atoms with Crippen LogP contribution in [0.5, 0.6) is 5.75 Å². The number of rotatable bonds is 14. The van der Waals surface area contributed by atoms with Crippen molar-refractivity contribution >= 4 is 36.3 Å². The van der Waals surface area contributed by atoms with Crippen LogP contribution in [0.4, 0.5) is 0 Å². The molecule has 35 heavy (non-hydrogen) atoms. The van der Waals surface area contributed by atoms with Crippen LogP contribution in [-0.2, 0) is 25.6 Å². The van der Waals surface area contributed by atoms with Crippen molar-refractivity contribution in [2.45, 2.75) is 62.7 Å². The Morgan fingerprint density at radius 1 is 1.03 bits per heavy atom. The van der Waals surface area contributed by atoms with Gasteiger partial charge in [-0.2, -0.15) is 12.6 Å². The number of benzene rings is 1. The van der Waals surface area contributed by atoms with Gasteiger partial charge in [-0.15, -0.1) is 0 Å². The lowest BCUT2D eigenvalue weighted by Crippen LogP contribution is -2.58. The van der Waals surface area contributed by atoms with E-state index < -0.39 is 35.9 Å². The van der Waals surface area contributed by atoms with Crippen molar-refractivity contribution in [1.29, 1.82) is 0 Å². The molecule has 1 aromatic carbocycles. The number of carbonyl (C=O) groups excluding carboxylic acids is 3. The fraction of sp³-hybridized carbons (Fsp3) is 0.565. The Balaban J connectivity index is 2.12. The van der Waals surface area contributed by atoms with E-state index in [0.717, 1.165) is 13.0 Å². The third kappa shape index (κ3) is 9.38. The van der Waals surface area contributed by atoms with Gasteiger partial charge in [0.15, 0.2) is 0 Å². The molecule has 4 unspecified atom stereocenters. The van der Waals surface area contributed by atoms with Crippen LogP contribution in [0.25, 0.3) is 0 Å². The summed E-state index contributed by atoms with van der Waals surface area (Å²) in [5.74, 6) is -2.73. The Morgan fingerprint density at radius 3 is 2.26 bits per heavy atom. The molecule has 0 bridgehead atoms. The minimum Gasteiger partial charge on any atom is -0.508 e. The molecule has 1 aliphatic rings. The largest absolute Gasteiger partial charge is 0.508 e. The maximum Gasteiger partial charge on any atom is 0.326 e. The smallest absolute Gasteiger partial charge is 0.326 e. The predicted octanol–water partition coefficient (Wildman–Crippen LogP) is -0.715. The predicted molar refractivity (Wildman–Crippen MR) is 133 cm³/mol. The number of unbranched alkanes of at least 4 members (excludes halogenated alkanes) is 1. The maximum atomic E-state index is 13.1. The van der Waals surface area contributed by atoms with Gasteiger partial charge in [0.2, 0.25) is 17.7 Å². The zero-order valence-corrected chi connectivity index (χ0v) is 20.4. The summed E-state index contributed by atoms with van der Waals surface area (Å²) in [6, 6.07) is 2.47. The van der Waals surface area contributed by atoms with E-state index in [2.05, 4.69) is 33.9 Å². The molecule has 2 rings (SSSR count). The van der Waals surface area contributed by atoms with Crippen LogP contribution in [-0.4, -0.2) is 76.9 Å². The molecule has 0 aliphatic carbocycles. The number of phenols is 1. The van der Waals surface area contributed by atoms with Gasteiger partial charge >= 0.3 is 5.97 Å². The van der Waals surface area contributed by atoms with Crippen molar-refractivity contribution in [3.63, 3.8) is 0 Å². The Labute approximate surface area is 210 Å². The molecule has 0 aromatic heterocycles. The van der Waals surface area contributed by atoms with Gasteiger partial charge in [0.1, 0.15) is 23.9 Å². The quantitative estimate of drug-likeness (QED) is 0.119. The van der Waals surface area contributed by atoms with Crippen molar-refractivity contribution in [3.05, 3.63) is 29.8 Å². The van der Waals surface area contributed by atoms with Gasteiger partial charge in [-0.05, 0) is 62.9 Å². The van der Waals surface area contributed by atoms with Crippen LogP contribution in [0.3, 0.4) is 0 Å². The van der Waals surface area contributed by atoms with Gasteiger partial charge < -0.3 is 37.2 Å². The Kier molecular flexibility index (Phi) is 11.8. The number of thiol groups is 1. The molecule has 4 atom stereocenters. The average Bonchev–Trinajstić information content (AvgIpc) is 3.37. The van der Waals surface area contributed by atoms with E-state index in [4.69, 9.17) is 5.73 Å². The summed E-state index contributed by atoms with van der Waals surface area (Å²) in [5, 5.41) is 29.9. The fourth-order valence-electron chi connectivity index (χ4n) is 3.75. The molecule has 0 saturated carbocycles. The molecule has 8 N–H and O–H groups in total.